The van der Waals surface area contributed by atoms with Gasteiger partial charge in [-0.25, -0.2) is 4.68 Å². The minimum absolute atomic E-state index is 0.0260. The van der Waals surface area contributed by atoms with Crippen molar-refractivity contribution in [3.05, 3.63) is 63.6 Å². The number of benzene rings is 2. The molecule has 1 unspecified atom stereocenters. The first-order valence-corrected chi connectivity index (χ1v) is 13.1. The second-order valence-electron chi connectivity index (χ2n) is 7.84. The molecule has 4 aromatic rings. The Labute approximate surface area is 209 Å². The first-order valence-electron chi connectivity index (χ1n) is 10.0. The third-order valence-corrected chi connectivity index (χ3v) is 8.32. The molecule has 34 heavy (non-hydrogen) atoms. The van der Waals surface area contributed by atoms with Crippen LogP contribution in [-0.4, -0.2) is 36.6 Å². The molecule has 0 saturated heterocycles. The van der Waals surface area contributed by atoms with Crippen molar-refractivity contribution >= 4 is 45.3 Å². The van der Waals surface area contributed by atoms with E-state index in [4.69, 9.17) is 23.2 Å². The minimum Gasteiger partial charge on any atom is -0.254 e. The number of nitrogens with zero attached hydrogens (tertiary/aromatic N) is 4. The van der Waals surface area contributed by atoms with Crippen molar-refractivity contribution < 1.29 is 17.4 Å². The first kappa shape index (κ1) is 23.5. The molecule has 1 saturated carbocycles. The summed E-state index contributed by atoms with van der Waals surface area (Å²) in [6.45, 7) is 0. The van der Waals surface area contributed by atoms with Crippen LogP contribution in [0.1, 0.15) is 17.8 Å². The van der Waals surface area contributed by atoms with Crippen LogP contribution in [0.2, 0.25) is 10.0 Å². The first-order chi connectivity index (χ1) is 16.1. The Morgan fingerprint density at radius 3 is 2.32 bits per heavy atom. The van der Waals surface area contributed by atoms with Gasteiger partial charge < -0.3 is 0 Å². The van der Waals surface area contributed by atoms with Gasteiger partial charge in [-0.1, -0.05) is 58.8 Å². The van der Waals surface area contributed by atoms with Gasteiger partial charge in [0, 0.05) is 16.8 Å². The lowest BCUT2D eigenvalue weighted by Gasteiger charge is -2.15. The van der Waals surface area contributed by atoms with Crippen molar-refractivity contribution in [3.8, 4) is 27.6 Å². The molecule has 176 valence electrons. The summed E-state index contributed by atoms with van der Waals surface area (Å²) in [6, 6.07) is 13.9. The molecule has 2 aromatic heterocycles. The van der Waals surface area contributed by atoms with Gasteiger partial charge >= 0.3 is 6.18 Å². The van der Waals surface area contributed by atoms with E-state index in [1.165, 1.54) is 10.9 Å². The van der Waals surface area contributed by atoms with Crippen LogP contribution in [-0.2, 0) is 16.2 Å². The summed E-state index contributed by atoms with van der Waals surface area (Å²) in [5.41, 5.74) is -0.0990. The molecule has 2 heterocycles. The number of rotatable bonds is 5. The van der Waals surface area contributed by atoms with Crippen molar-refractivity contribution in [2.75, 3.05) is 6.26 Å². The average molecular weight is 543 g/mol. The Bertz CT molecular complexity index is 1410. The molecule has 1 atom stereocenters. The molecule has 5 rings (SSSR count). The Balaban J connectivity index is 1.75. The van der Waals surface area contributed by atoms with Gasteiger partial charge in [0.2, 0.25) is 0 Å². The van der Waals surface area contributed by atoms with Crippen LogP contribution >= 0.6 is 34.5 Å². The van der Waals surface area contributed by atoms with E-state index in [1.807, 2.05) is 0 Å². The van der Waals surface area contributed by atoms with Crippen LogP contribution in [0.4, 0.5) is 13.2 Å². The number of para-hydroxylation sites is 1. The molecular weight excluding hydrogens is 528 g/mol. The maximum absolute atomic E-state index is 13.6. The zero-order valence-corrected chi connectivity index (χ0v) is 20.6. The maximum Gasteiger partial charge on any atom is 0.400 e. The van der Waals surface area contributed by atoms with E-state index in [-0.39, 0.29) is 28.6 Å². The molecule has 5 nitrogen and oxygen atoms in total. The number of hydrogen-bond donors (Lipinski definition) is 0. The van der Waals surface area contributed by atoms with Crippen molar-refractivity contribution in [1.29, 1.82) is 0 Å². The maximum atomic E-state index is 13.6. The topological polar surface area (TPSA) is 60.7 Å². The predicted molar refractivity (Wildman–Crippen MR) is 127 cm³/mol. The summed E-state index contributed by atoms with van der Waals surface area (Å²) in [4.78, 5) is 0.321. The smallest absolute Gasteiger partial charge is 0.254 e. The zero-order chi connectivity index (χ0) is 24.3. The summed E-state index contributed by atoms with van der Waals surface area (Å²) < 4.78 is 55.4. The Kier molecular flexibility index (Phi) is 5.83. The average Bonchev–Trinajstić information content (AvgIpc) is 3.30. The lowest BCUT2D eigenvalue weighted by Crippen LogP contribution is -2.28. The summed E-state index contributed by atoms with van der Waals surface area (Å²) in [6.07, 6.45) is -2.98. The van der Waals surface area contributed by atoms with Crippen molar-refractivity contribution in [2.45, 2.75) is 29.3 Å². The van der Waals surface area contributed by atoms with Crippen molar-refractivity contribution in [3.63, 3.8) is 0 Å². The monoisotopic (exact) mass is 542 g/mol. The summed E-state index contributed by atoms with van der Waals surface area (Å²) in [5.74, 6) is 0. The molecule has 0 spiro atoms. The van der Waals surface area contributed by atoms with Gasteiger partial charge in [-0.15, -0.1) is 10.2 Å². The van der Waals surface area contributed by atoms with Crippen LogP contribution in [0.15, 0.2) is 53.4 Å². The second-order valence-corrected chi connectivity index (χ2v) is 11.0. The molecular formula is C22H15Cl2F3N4OS2. The molecule has 0 amide bonds. The highest BCUT2D eigenvalue weighted by atomic mass is 35.5. The Morgan fingerprint density at radius 1 is 1.06 bits per heavy atom. The van der Waals surface area contributed by atoms with E-state index in [0.717, 1.165) is 11.3 Å². The summed E-state index contributed by atoms with van der Waals surface area (Å²) >= 11 is 13.3. The molecule has 12 heteroatoms. The van der Waals surface area contributed by atoms with Crippen LogP contribution < -0.4 is 0 Å². The lowest BCUT2D eigenvalue weighted by molar-refractivity contribution is -0.160. The number of hydrogen-bond acceptors (Lipinski definition) is 5. The standard InChI is InChI=1S/C22H15Cl2F3N4OS2/c1-34(32)18-16(19-28-29-20(33-19)21(10-11-21)22(25,26)27)30-31(15-5-3-2-4-14(15)24)17(18)12-6-8-13(23)9-7-12/h2-9H,10-11H2,1H3. The summed E-state index contributed by atoms with van der Waals surface area (Å²) in [5, 5.41) is 13.5. The van der Waals surface area contributed by atoms with Gasteiger partial charge in [-0.05, 0) is 37.1 Å². The van der Waals surface area contributed by atoms with Crippen molar-refractivity contribution in [2.24, 2.45) is 0 Å². The molecule has 1 aliphatic rings. The summed E-state index contributed by atoms with van der Waals surface area (Å²) in [7, 11) is -1.57. The quantitative estimate of drug-likeness (QED) is 0.281. The Hall–Kier alpha value is -2.27. The fraction of sp³-hybridized carbons (Fsp3) is 0.227. The van der Waals surface area contributed by atoms with Crippen LogP contribution in [0.25, 0.3) is 27.6 Å². The minimum atomic E-state index is -4.41. The molecule has 0 aliphatic heterocycles. The number of halogens is 5. The SMILES string of the molecule is CS(=O)c1c(-c2nnc(C3(C(F)(F)F)CC3)s2)nn(-c2ccccc2Cl)c1-c1ccc(Cl)cc1. The van der Waals surface area contributed by atoms with E-state index in [9.17, 15) is 17.4 Å². The molecule has 1 aliphatic carbocycles. The van der Waals surface area contributed by atoms with E-state index < -0.39 is 22.4 Å². The van der Waals surface area contributed by atoms with Gasteiger partial charge in [-0.3, -0.25) is 4.21 Å². The normalized spacial score (nSPS) is 15.9. The Morgan fingerprint density at radius 2 is 1.74 bits per heavy atom. The molecule has 0 radical (unpaired) electrons. The van der Waals surface area contributed by atoms with E-state index in [1.54, 1.807) is 48.5 Å². The number of aromatic nitrogens is 4. The molecule has 0 bridgehead atoms. The van der Waals surface area contributed by atoms with Gasteiger partial charge in [0.05, 0.1) is 32.1 Å². The largest absolute Gasteiger partial charge is 0.400 e. The van der Waals surface area contributed by atoms with Crippen LogP contribution in [0.3, 0.4) is 0 Å². The highest BCUT2D eigenvalue weighted by Crippen LogP contribution is 2.60. The van der Waals surface area contributed by atoms with E-state index in [2.05, 4.69) is 15.3 Å². The third-order valence-electron chi connectivity index (χ3n) is 5.66. The van der Waals surface area contributed by atoms with Gasteiger partial charge in [0.1, 0.15) is 16.1 Å². The van der Waals surface area contributed by atoms with Gasteiger partial charge in [0.25, 0.3) is 0 Å². The zero-order valence-electron chi connectivity index (χ0n) is 17.4. The molecule has 1 fully saturated rings. The molecule has 2 aromatic carbocycles. The van der Waals surface area contributed by atoms with Gasteiger partial charge in [0.15, 0.2) is 5.01 Å². The predicted octanol–water partition coefficient (Wildman–Crippen LogP) is 6.70. The second kappa shape index (κ2) is 8.44. The van der Waals surface area contributed by atoms with Crippen LogP contribution in [0.5, 0.6) is 0 Å². The lowest BCUT2D eigenvalue weighted by atomic mass is 10.1. The highest BCUT2D eigenvalue weighted by molar-refractivity contribution is 7.84. The van der Waals surface area contributed by atoms with Gasteiger partial charge in [-0.2, -0.15) is 18.3 Å². The van der Waals surface area contributed by atoms with E-state index >= 15 is 0 Å². The van der Waals surface area contributed by atoms with E-state index in [0.29, 0.717) is 31.9 Å². The fourth-order valence-electron chi connectivity index (χ4n) is 3.73. The third kappa shape index (κ3) is 3.86. The highest BCUT2D eigenvalue weighted by Gasteiger charge is 2.66. The fourth-order valence-corrected chi connectivity index (χ4v) is 6.12. The molecule has 0 N–H and O–H groups in total. The van der Waals surface area contributed by atoms with Crippen LogP contribution in [0, 0.1) is 0 Å². The number of alkyl halides is 3. The van der Waals surface area contributed by atoms with Crippen molar-refractivity contribution in [1.82, 2.24) is 20.0 Å².